The fourth-order valence-corrected chi connectivity index (χ4v) is 14.0. The Morgan fingerprint density at radius 1 is 0.329 bits per heavy atom. The maximum absolute atomic E-state index is 6.73. The molecule has 3 nitrogen and oxygen atoms in total. The van der Waals surface area contributed by atoms with Gasteiger partial charge in [-0.05, 0) is 175 Å². The average Bonchev–Trinajstić information content (AvgIpc) is 4.13. The smallest absolute Gasteiger partial charge is 0.143 e. The van der Waals surface area contributed by atoms with E-state index in [9.17, 15) is 0 Å². The van der Waals surface area contributed by atoms with E-state index < -0.39 is 0 Å². The van der Waals surface area contributed by atoms with Crippen molar-refractivity contribution in [1.82, 2.24) is 0 Å². The second-order valence-corrected chi connectivity index (χ2v) is 22.9. The zero-order valence-electron chi connectivity index (χ0n) is 41.3. The van der Waals surface area contributed by atoms with Crippen LogP contribution in [0.1, 0.15) is 105 Å². The molecule has 0 bridgehead atoms. The molecule has 0 saturated heterocycles. The fourth-order valence-electron chi connectivity index (χ4n) is 14.0. The Hall–Kier alpha value is -7.62. The van der Waals surface area contributed by atoms with Gasteiger partial charge in [-0.1, -0.05) is 134 Å². The van der Waals surface area contributed by atoms with E-state index >= 15 is 0 Å². The first-order valence-electron chi connectivity index (χ1n) is 25.1. The molecule has 0 aliphatic heterocycles. The minimum atomic E-state index is -0.245. The Morgan fingerprint density at radius 3 is 1.44 bits per heavy atom. The third-order valence-corrected chi connectivity index (χ3v) is 17.7. The molecule has 0 spiro atoms. The molecule has 0 atom stereocenters. The van der Waals surface area contributed by atoms with Crippen LogP contribution in [0.2, 0.25) is 0 Å². The number of hydrogen-bond acceptors (Lipinski definition) is 3. The summed E-state index contributed by atoms with van der Waals surface area (Å²) >= 11 is 0. The maximum atomic E-state index is 6.73. The molecule has 0 fully saturated rings. The van der Waals surface area contributed by atoms with Gasteiger partial charge in [0.25, 0.3) is 0 Å². The van der Waals surface area contributed by atoms with Gasteiger partial charge in [-0.2, -0.15) is 0 Å². The van der Waals surface area contributed by atoms with E-state index in [1.807, 2.05) is 0 Å². The fraction of sp³-hybridized carbons (Fsp3) is 0.194. The lowest BCUT2D eigenvalue weighted by Gasteiger charge is -2.30. The Bertz CT molecular complexity index is 4200. The summed E-state index contributed by atoms with van der Waals surface area (Å²) in [4.78, 5) is 2.49. The van der Waals surface area contributed by atoms with Gasteiger partial charge >= 0.3 is 0 Å². The molecule has 3 heteroatoms. The van der Waals surface area contributed by atoms with Crippen LogP contribution in [0.3, 0.4) is 0 Å². The molecule has 0 radical (unpaired) electrons. The normalized spacial score (nSPS) is 16.5. The number of furan rings is 2. The van der Waals surface area contributed by atoms with Gasteiger partial charge in [0.05, 0.1) is 0 Å². The van der Waals surface area contributed by atoms with Crippen LogP contribution in [-0.2, 0) is 21.7 Å². The highest BCUT2D eigenvalue weighted by molar-refractivity contribution is 6.16. The first kappa shape index (κ1) is 40.3. The number of rotatable bonds is 3. The SMILES string of the molecule is Cc1cccc(N(c2ccc3c(c2)C(C)(C)c2cc4c(cc2-3)C(C)(C)c2ccc3c(oc5ccccc53)c2-4)c2ccc3c(c2)C(C)(C)c2cc4c(cc2-3)C(C)(C)c2ccc3oc5ccccc5c3c2-4)c1. The molecular weight excluding hydrogens is 851 g/mol. The zero-order chi connectivity index (χ0) is 47.5. The summed E-state index contributed by atoms with van der Waals surface area (Å²) in [6.45, 7) is 21.4. The van der Waals surface area contributed by atoms with Gasteiger partial charge in [-0.25, -0.2) is 0 Å². The average molecular weight is 904 g/mol. The molecule has 2 aromatic heterocycles. The van der Waals surface area contributed by atoms with Gasteiger partial charge < -0.3 is 13.7 Å². The maximum Gasteiger partial charge on any atom is 0.143 e. The molecule has 0 N–H and O–H groups in total. The topological polar surface area (TPSA) is 29.5 Å². The largest absolute Gasteiger partial charge is 0.456 e. The molecule has 4 aliphatic carbocycles. The summed E-state index contributed by atoms with van der Waals surface area (Å²) in [7, 11) is 0. The van der Waals surface area contributed by atoms with E-state index in [0.717, 1.165) is 39.4 Å². The number of para-hydroxylation sites is 2. The Labute approximate surface area is 409 Å². The van der Waals surface area contributed by atoms with E-state index in [1.54, 1.807) is 0 Å². The lowest BCUT2D eigenvalue weighted by atomic mass is 9.79. The Morgan fingerprint density at radius 2 is 0.814 bits per heavy atom. The van der Waals surface area contributed by atoms with Gasteiger partial charge in [-0.3, -0.25) is 0 Å². The second kappa shape index (κ2) is 13.0. The minimum absolute atomic E-state index is 0.163. The highest BCUT2D eigenvalue weighted by Gasteiger charge is 2.45. The van der Waals surface area contributed by atoms with Crippen LogP contribution in [0.4, 0.5) is 17.1 Å². The van der Waals surface area contributed by atoms with Crippen LogP contribution in [0.15, 0.2) is 167 Å². The minimum Gasteiger partial charge on any atom is -0.456 e. The summed E-state index contributed by atoms with van der Waals surface area (Å²) < 4.78 is 13.2. The molecule has 11 aromatic rings. The summed E-state index contributed by atoms with van der Waals surface area (Å²) in [5.41, 5.74) is 29.2. The standard InChI is InChI=1S/C67H53NO2/c1-36-15-14-16-37(29-36)68(38-21-23-40-45-32-55-47(34-53(45)66(6,7)51(40)30-38)60-49(64(55,2)3)27-28-59-62(60)44-18-11-13-20-58(44)69-59)39-22-24-41-46-33-56-48(35-54(46)67(8,9)52(41)31-39)61-50(65(56,4)5)26-25-43-42-17-10-12-19-57(42)70-63(43)61/h10-35H,1-9H3. The van der Waals surface area contributed by atoms with E-state index in [2.05, 4.69) is 225 Å². The number of anilines is 3. The monoisotopic (exact) mass is 903 g/mol. The van der Waals surface area contributed by atoms with Crippen molar-refractivity contribution in [3.05, 3.63) is 208 Å². The van der Waals surface area contributed by atoms with E-state index in [0.29, 0.717) is 0 Å². The predicted octanol–water partition coefficient (Wildman–Crippen LogP) is 18.5. The molecular formula is C67H53NO2. The Balaban J connectivity index is 0.863. The van der Waals surface area contributed by atoms with Gasteiger partial charge in [0.1, 0.15) is 22.3 Å². The van der Waals surface area contributed by atoms with Gasteiger partial charge in [0.15, 0.2) is 0 Å². The van der Waals surface area contributed by atoms with E-state index in [-0.39, 0.29) is 21.7 Å². The van der Waals surface area contributed by atoms with Crippen molar-refractivity contribution >= 4 is 60.9 Å². The summed E-state index contributed by atoms with van der Waals surface area (Å²) in [5, 5.41) is 4.77. The van der Waals surface area contributed by atoms with Crippen molar-refractivity contribution in [3.63, 3.8) is 0 Å². The lowest BCUT2D eigenvalue weighted by Crippen LogP contribution is -2.18. The van der Waals surface area contributed by atoms with Crippen LogP contribution >= 0.6 is 0 Å². The molecule has 9 aromatic carbocycles. The Kier molecular flexibility index (Phi) is 7.46. The number of nitrogens with zero attached hydrogens (tertiary/aromatic N) is 1. The molecule has 70 heavy (non-hydrogen) atoms. The van der Waals surface area contributed by atoms with E-state index in [4.69, 9.17) is 8.83 Å². The molecule has 338 valence electrons. The summed E-state index contributed by atoms with van der Waals surface area (Å²) in [6.07, 6.45) is 0. The number of hydrogen-bond donors (Lipinski definition) is 0. The summed E-state index contributed by atoms with van der Waals surface area (Å²) in [5.74, 6) is 0. The van der Waals surface area contributed by atoms with Gasteiger partial charge in [0.2, 0.25) is 0 Å². The zero-order valence-corrected chi connectivity index (χ0v) is 41.3. The number of aryl methyl sites for hydroxylation is 1. The number of fused-ring (bicyclic) bond motifs is 20. The van der Waals surface area contributed by atoms with Crippen LogP contribution in [-0.4, -0.2) is 0 Å². The highest BCUT2D eigenvalue weighted by Crippen LogP contribution is 2.61. The molecule has 0 amide bonds. The second-order valence-electron chi connectivity index (χ2n) is 22.9. The van der Waals surface area contributed by atoms with Crippen molar-refractivity contribution in [3.8, 4) is 44.5 Å². The van der Waals surface area contributed by atoms with Crippen LogP contribution in [0.25, 0.3) is 88.4 Å². The van der Waals surface area contributed by atoms with Crippen molar-refractivity contribution < 1.29 is 8.83 Å². The highest BCUT2D eigenvalue weighted by atomic mass is 16.3. The van der Waals surface area contributed by atoms with Crippen LogP contribution < -0.4 is 4.90 Å². The molecule has 0 saturated carbocycles. The molecule has 4 aliphatic rings. The van der Waals surface area contributed by atoms with Crippen LogP contribution in [0.5, 0.6) is 0 Å². The van der Waals surface area contributed by atoms with Crippen molar-refractivity contribution in [2.45, 2.75) is 84.0 Å². The first-order valence-corrected chi connectivity index (χ1v) is 25.1. The van der Waals surface area contributed by atoms with Gasteiger partial charge in [0, 0.05) is 65.8 Å². The van der Waals surface area contributed by atoms with Crippen LogP contribution in [0, 0.1) is 6.92 Å². The predicted molar refractivity (Wildman–Crippen MR) is 291 cm³/mol. The van der Waals surface area contributed by atoms with E-state index in [1.165, 1.54) is 116 Å². The molecule has 15 rings (SSSR count). The number of benzene rings is 9. The third kappa shape index (κ3) is 4.90. The van der Waals surface area contributed by atoms with Gasteiger partial charge in [-0.15, -0.1) is 0 Å². The summed E-state index contributed by atoms with van der Waals surface area (Å²) in [6, 6.07) is 59.6. The van der Waals surface area contributed by atoms with Crippen molar-refractivity contribution in [2.75, 3.05) is 4.90 Å². The first-order chi connectivity index (χ1) is 33.6. The lowest BCUT2D eigenvalue weighted by molar-refractivity contribution is 0.649. The van der Waals surface area contributed by atoms with Crippen molar-refractivity contribution in [1.29, 1.82) is 0 Å². The van der Waals surface area contributed by atoms with Crippen molar-refractivity contribution in [2.24, 2.45) is 0 Å². The molecule has 0 unspecified atom stereocenters. The quantitative estimate of drug-likeness (QED) is 0.177. The third-order valence-electron chi connectivity index (χ3n) is 17.7. The molecule has 2 heterocycles.